The van der Waals surface area contributed by atoms with Crippen molar-refractivity contribution >= 4 is 34.2 Å². The summed E-state index contributed by atoms with van der Waals surface area (Å²) < 4.78 is 7.84. The van der Waals surface area contributed by atoms with Crippen LogP contribution < -0.4 is 16.1 Å². The van der Waals surface area contributed by atoms with Crippen molar-refractivity contribution < 1.29 is 9.21 Å². The molecule has 0 spiro atoms. The van der Waals surface area contributed by atoms with E-state index in [9.17, 15) is 14.4 Å². The highest BCUT2D eigenvalue weighted by molar-refractivity contribution is 6.30. The molecule has 1 saturated heterocycles. The lowest BCUT2D eigenvalue weighted by Crippen LogP contribution is -2.49. The zero-order chi connectivity index (χ0) is 23.8. The topological polar surface area (TPSA) is 93.6 Å². The zero-order valence-electron chi connectivity index (χ0n) is 18.5. The number of amides is 1. The number of anilines is 1. The molecule has 5 rings (SSSR count). The molecule has 0 radical (unpaired) electrons. The monoisotopic (exact) mass is 479 g/mol. The molecule has 174 valence electrons. The van der Waals surface area contributed by atoms with E-state index in [0.29, 0.717) is 53.7 Å². The summed E-state index contributed by atoms with van der Waals surface area (Å²) in [6.45, 7) is 2.15. The number of fused-ring (bicyclic) bond motifs is 1. The van der Waals surface area contributed by atoms with Gasteiger partial charge in [-0.25, -0.2) is 9.78 Å². The van der Waals surface area contributed by atoms with Crippen LogP contribution in [0, 0.1) is 0 Å². The van der Waals surface area contributed by atoms with Gasteiger partial charge in [-0.1, -0.05) is 23.7 Å². The predicted octanol–water partition coefficient (Wildman–Crippen LogP) is 2.35. The van der Waals surface area contributed by atoms with E-state index >= 15 is 0 Å². The third kappa shape index (κ3) is 3.88. The number of carbonyl (C=O) groups is 1. The van der Waals surface area contributed by atoms with Crippen LogP contribution in [0.3, 0.4) is 0 Å². The average Bonchev–Trinajstić information content (AvgIpc) is 3.41. The number of furan rings is 1. The minimum Gasteiger partial charge on any atom is -0.459 e. The second-order valence-electron chi connectivity index (χ2n) is 8.14. The van der Waals surface area contributed by atoms with Crippen LogP contribution in [0.1, 0.15) is 16.1 Å². The van der Waals surface area contributed by atoms with Crippen LogP contribution >= 0.6 is 11.6 Å². The van der Waals surface area contributed by atoms with Crippen molar-refractivity contribution in [2.24, 2.45) is 7.05 Å². The van der Waals surface area contributed by atoms with Gasteiger partial charge in [0.1, 0.15) is 5.39 Å². The molecule has 9 nitrogen and oxygen atoms in total. The maximum Gasteiger partial charge on any atom is 0.332 e. The number of hydrogen-bond donors (Lipinski definition) is 0. The Bertz CT molecular complexity index is 1470. The first-order valence-corrected chi connectivity index (χ1v) is 11.2. The molecule has 34 heavy (non-hydrogen) atoms. The number of hydrogen-bond acceptors (Lipinski definition) is 6. The van der Waals surface area contributed by atoms with Crippen molar-refractivity contribution in [3.05, 3.63) is 92.1 Å². The fourth-order valence-electron chi connectivity index (χ4n) is 4.28. The average molecular weight is 480 g/mol. The van der Waals surface area contributed by atoms with Crippen LogP contribution in [-0.2, 0) is 13.6 Å². The molecule has 1 aliphatic heterocycles. The summed E-state index contributed by atoms with van der Waals surface area (Å²) in [6, 6.07) is 12.1. The van der Waals surface area contributed by atoms with E-state index in [-0.39, 0.29) is 12.5 Å². The maximum atomic E-state index is 13.5. The third-order valence-corrected chi connectivity index (χ3v) is 6.35. The Morgan fingerprint density at radius 3 is 2.47 bits per heavy atom. The Kier molecular flexibility index (Phi) is 5.70. The van der Waals surface area contributed by atoms with Crippen molar-refractivity contribution in [1.82, 2.24) is 19.0 Å². The van der Waals surface area contributed by atoms with E-state index in [4.69, 9.17) is 16.0 Å². The first kappa shape index (κ1) is 22.0. The van der Waals surface area contributed by atoms with Crippen LogP contribution in [0.15, 0.2) is 68.9 Å². The molecule has 1 aliphatic rings. The smallest absolute Gasteiger partial charge is 0.332 e. The molecule has 4 heterocycles. The van der Waals surface area contributed by atoms with Gasteiger partial charge in [-0.15, -0.1) is 0 Å². The minimum atomic E-state index is -0.439. The van der Waals surface area contributed by atoms with Crippen LogP contribution in [0.5, 0.6) is 0 Å². The van der Waals surface area contributed by atoms with Gasteiger partial charge in [-0.3, -0.25) is 18.7 Å². The quantitative estimate of drug-likeness (QED) is 0.446. The van der Waals surface area contributed by atoms with Crippen molar-refractivity contribution in [3.8, 4) is 0 Å². The Labute approximate surface area is 199 Å². The number of nitrogens with zero attached hydrogens (tertiary/aromatic N) is 5. The number of aromatic nitrogens is 3. The first-order chi connectivity index (χ1) is 16.4. The highest BCUT2D eigenvalue weighted by Gasteiger charge is 2.26. The van der Waals surface area contributed by atoms with E-state index in [1.165, 1.54) is 15.4 Å². The number of rotatable bonds is 4. The van der Waals surface area contributed by atoms with E-state index in [1.54, 1.807) is 60.6 Å². The molecule has 1 amide bonds. The highest BCUT2D eigenvalue weighted by atomic mass is 35.5. The zero-order valence-corrected chi connectivity index (χ0v) is 19.2. The van der Waals surface area contributed by atoms with Crippen LogP contribution in [-0.4, -0.2) is 51.1 Å². The number of halogens is 1. The second-order valence-corrected chi connectivity index (χ2v) is 8.58. The molecule has 0 saturated carbocycles. The van der Waals surface area contributed by atoms with Crippen LogP contribution in [0.2, 0.25) is 5.02 Å². The Morgan fingerprint density at radius 1 is 1.06 bits per heavy atom. The summed E-state index contributed by atoms with van der Waals surface area (Å²) in [5.41, 5.74) is 0.976. The number of carbonyl (C=O) groups excluding carboxylic acids is 1. The lowest BCUT2D eigenvalue weighted by Gasteiger charge is -2.36. The molecule has 1 aromatic carbocycles. The molecule has 0 N–H and O–H groups in total. The van der Waals surface area contributed by atoms with E-state index in [2.05, 4.69) is 9.88 Å². The van der Waals surface area contributed by atoms with Gasteiger partial charge in [-0.05, 0) is 35.9 Å². The van der Waals surface area contributed by atoms with E-state index < -0.39 is 11.2 Å². The van der Waals surface area contributed by atoms with Crippen molar-refractivity contribution in [1.29, 1.82) is 0 Å². The SMILES string of the molecule is Cn1c(=O)n(Cc2ccc(Cl)cc2)c(=O)c2c(N3CCN(C(=O)c4ccco4)CC3)ccnc21. The van der Waals surface area contributed by atoms with E-state index in [0.717, 1.165) is 5.56 Å². The maximum absolute atomic E-state index is 13.5. The molecule has 0 unspecified atom stereocenters. The van der Waals surface area contributed by atoms with Gasteiger partial charge in [-0.2, -0.15) is 0 Å². The summed E-state index contributed by atoms with van der Waals surface area (Å²) in [5, 5.41) is 0.961. The van der Waals surface area contributed by atoms with Gasteiger partial charge in [0.15, 0.2) is 11.4 Å². The molecular formula is C24H22ClN5O4. The molecule has 1 fully saturated rings. The van der Waals surface area contributed by atoms with Gasteiger partial charge in [0.05, 0.1) is 18.5 Å². The summed E-state index contributed by atoms with van der Waals surface area (Å²) in [5.74, 6) is 0.153. The standard InChI is InChI=1S/C24H22ClN5O4/c1-27-21-20(23(32)30(24(27)33)15-16-4-6-17(25)7-5-16)18(8-9-26-21)28-10-12-29(13-11-28)22(31)19-3-2-14-34-19/h2-9,14H,10-13,15H2,1H3. The number of aryl methyl sites for hydroxylation is 1. The largest absolute Gasteiger partial charge is 0.459 e. The van der Waals surface area contributed by atoms with E-state index in [1.807, 2.05) is 0 Å². The Hall–Kier alpha value is -3.85. The lowest BCUT2D eigenvalue weighted by atomic mass is 10.2. The van der Waals surface area contributed by atoms with Crippen LogP contribution in [0.4, 0.5) is 5.69 Å². The fraction of sp³-hybridized carbons (Fsp3) is 0.250. The molecular weight excluding hydrogens is 458 g/mol. The molecule has 0 bridgehead atoms. The summed E-state index contributed by atoms with van der Waals surface area (Å²) >= 11 is 5.97. The van der Waals surface area contributed by atoms with Crippen molar-refractivity contribution in [2.75, 3.05) is 31.1 Å². The summed E-state index contributed by atoms with van der Waals surface area (Å²) in [6.07, 6.45) is 3.08. The normalized spacial score (nSPS) is 14.1. The number of benzene rings is 1. The molecule has 10 heteroatoms. The molecule has 3 aromatic heterocycles. The van der Waals surface area contributed by atoms with Crippen molar-refractivity contribution in [3.63, 3.8) is 0 Å². The van der Waals surface area contributed by atoms with Gasteiger partial charge in [0, 0.05) is 44.4 Å². The minimum absolute atomic E-state index is 0.123. The fourth-order valence-corrected chi connectivity index (χ4v) is 4.40. The Morgan fingerprint density at radius 2 is 1.79 bits per heavy atom. The van der Waals surface area contributed by atoms with Gasteiger partial charge < -0.3 is 14.2 Å². The first-order valence-electron chi connectivity index (χ1n) is 10.8. The second kappa shape index (κ2) is 8.83. The lowest BCUT2D eigenvalue weighted by molar-refractivity contribution is 0.0715. The van der Waals surface area contributed by atoms with Crippen LogP contribution in [0.25, 0.3) is 11.0 Å². The summed E-state index contributed by atoms with van der Waals surface area (Å²) in [7, 11) is 1.61. The number of piperazine rings is 1. The molecule has 0 aliphatic carbocycles. The van der Waals surface area contributed by atoms with Crippen molar-refractivity contribution in [2.45, 2.75) is 6.54 Å². The summed E-state index contributed by atoms with van der Waals surface area (Å²) in [4.78, 5) is 47.2. The highest BCUT2D eigenvalue weighted by Crippen LogP contribution is 2.23. The van der Waals surface area contributed by atoms with Gasteiger partial charge >= 0.3 is 5.69 Å². The Balaban J connectivity index is 1.49. The molecule has 4 aromatic rings. The number of pyridine rings is 1. The third-order valence-electron chi connectivity index (χ3n) is 6.10. The predicted molar refractivity (Wildman–Crippen MR) is 129 cm³/mol. The van der Waals surface area contributed by atoms with Gasteiger partial charge in [0.25, 0.3) is 11.5 Å². The van der Waals surface area contributed by atoms with Gasteiger partial charge in [0.2, 0.25) is 0 Å². The molecule has 0 atom stereocenters.